The average Bonchev–Trinajstić information content (AvgIpc) is 2.78. The van der Waals surface area contributed by atoms with Crippen LogP contribution < -0.4 is 10.6 Å². The van der Waals surface area contributed by atoms with Crippen LogP contribution in [0.5, 0.6) is 0 Å². The Labute approximate surface area is 192 Å². The maximum atomic E-state index is 12.4. The number of carbonyl (C=O) groups excluding carboxylic acids is 1. The molecule has 0 radical (unpaired) electrons. The fraction of sp³-hybridized carbons (Fsp3) is 0.125. The first-order valence-corrected chi connectivity index (χ1v) is 9.76. The second-order valence-electron chi connectivity index (χ2n) is 7.00. The lowest BCUT2D eigenvalue weighted by Gasteiger charge is -2.10. The summed E-state index contributed by atoms with van der Waals surface area (Å²) in [5.74, 6) is -4.23. The maximum Gasteiger partial charge on any atom is 0.490 e. The van der Waals surface area contributed by atoms with Gasteiger partial charge in [0.05, 0.1) is 11.3 Å². The van der Waals surface area contributed by atoms with Gasteiger partial charge in [0.15, 0.2) is 0 Å². The van der Waals surface area contributed by atoms with Crippen LogP contribution in [0, 0.1) is 0 Å². The van der Waals surface area contributed by atoms with Crippen LogP contribution in [0.3, 0.4) is 0 Å². The number of hydrogen-bond acceptors (Lipinski definition) is 4. The van der Waals surface area contributed by atoms with Gasteiger partial charge in [-0.25, -0.2) is 9.59 Å². The molecule has 3 rings (SSSR count). The van der Waals surface area contributed by atoms with Gasteiger partial charge < -0.3 is 20.8 Å². The largest absolute Gasteiger partial charge is 0.490 e. The standard InChI is InChI=1S/C22H20N2O3.C2HF3O2/c1-14(16-8-7-15-5-3-4-6-17(15)12-16)11-21(25)24-20-10-9-18(23-2)13-19(20)22(26)27;3-2(4,5)1(6)7/h3-13,23H,1-2H3,(H,24,25)(H,26,27);(H,6,7)/b14-11-;. The zero-order chi connectivity index (χ0) is 25.5. The lowest BCUT2D eigenvalue weighted by atomic mass is 10.0. The van der Waals surface area contributed by atoms with Gasteiger partial charge in [0.2, 0.25) is 5.91 Å². The molecule has 0 atom stereocenters. The summed E-state index contributed by atoms with van der Waals surface area (Å²) >= 11 is 0. The first-order valence-electron chi connectivity index (χ1n) is 9.76. The number of benzene rings is 3. The monoisotopic (exact) mass is 474 g/mol. The number of carboxylic acids is 2. The summed E-state index contributed by atoms with van der Waals surface area (Å²) in [6, 6.07) is 18.8. The van der Waals surface area contributed by atoms with Crippen molar-refractivity contribution in [2.24, 2.45) is 0 Å². The Kier molecular flexibility index (Phi) is 8.38. The molecule has 0 aliphatic rings. The molecule has 178 valence electrons. The third-order valence-electron chi connectivity index (χ3n) is 4.59. The molecule has 10 heteroatoms. The minimum atomic E-state index is -5.08. The summed E-state index contributed by atoms with van der Waals surface area (Å²) < 4.78 is 31.7. The number of anilines is 2. The van der Waals surface area contributed by atoms with Crippen LogP contribution in [0.25, 0.3) is 16.3 Å². The number of carbonyl (C=O) groups is 3. The molecule has 0 bridgehead atoms. The minimum absolute atomic E-state index is 0.0342. The fourth-order valence-electron chi connectivity index (χ4n) is 2.87. The van der Waals surface area contributed by atoms with Crippen LogP contribution in [0.1, 0.15) is 22.8 Å². The fourth-order valence-corrected chi connectivity index (χ4v) is 2.87. The Morgan fingerprint density at radius 3 is 2.09 bits per heavy atom. The van der Waals surface area contributed by atoms with Gasteiger partial charge in [0, 0.05) is 18.8 Å². The molecule has 4 N–H and O–H groups in total. The van der Waals surface area contributed by atoms with Crippen LogP contribution in [0.2, 0.25) is 0 Å². The second-order valence-corrected chi connectivity index (χ2v) is 7.00. The average molecular weight is 474 g/mol. The van der Waals surface area contributed by atoms with E-state index in [-0.39, 0.29) is 17.2 Å². The van der Waals surface area contributed by atoms with Gasteiger partial charge in [-0.3, -0.25) is 4.79 Å². The Morgan fingerprint density at radius 1 is 0.912 bits per heavy atom. The molecule has 0 aliphatic carbocycles. The topological polar surface area (TPSA) is 116 Å². The molecular formula is C24H21F3N2O5. The van der Waals surface area contributed by atoms with E-state index >= 15 is 0 Å². The molecule has 0 fully saturated rings. The molecule has 0 aliphatic heterocycles. The normalized spacial score (nSPS) is 11.3. The zero-order valence-electron chi connectivity index (χ0n) is 18.1. The summed E-state index contributed by atoms with van der Waals surface area (Å²) in [4.78, 5) is 32.7. The molecule has 0 unspecified atom stereocenters. The van der Waals surface area contributed by atoms with Gasteiger partial charge in [-0.05, 0) is 53.1 Å². The van der Waals surface area contributed by atoms with Crippen molar-refractivity contribution in [3.05, 3.63) is 77.9 Å². The van der Waals surface area contributed by atoms with Gasteiger partial charge in [-0.1, -0.05) is 36.4 Å². The number of halogens is 3. The van der Waals surface area contributed by atoms with Crippen LogP contribution in [-0.4, -0.2) is 41.3 Å². The van der Waals surface area contributed by atoms with E-state index in [2.05, 4.69) is 10.6 Å². The number of rotatable bonds is 5. The van der Waals surface area contributed by atoms with E-state index in [1.54, 1.807) is 19.2 Å². The highest BCUT2D eigenvalue weighted by Crippen LogP contribution is 2.23. The maximum absolute atomic E-state index is 12.4. The molecule has 3 aromatic rings. The third kappa shape index (κ3) is 7.09. The molecule has 0 aromatic heterocycles. The van der Waals surface area contributed by atoms with Crippen LogP contribution in [0.4, 0.5) is 24.5 Å². The summed E-state index contributed by atoms with van der Waals surface area (Å²) in [7, 11) is 1.70. The van der Waals surface area contributed by atoms with E-state index in [1.165, 1.54) is 12.1 Å². The van der Waals surface area contributed by atoms with E-state index in [1.807, 2.05) is 49.4 Å². The van der Waals surface area contributed by atoms with Gasteiger partial charge in [-0.2, -0.15) is 13.2 Å². The quantitative estimate of drug-likeness (QED) is 0.375. The van der Waals surface area contributed by atoms with Crippen LogP contribution >= 0.6 is 0 Å². The number of allylic oxidation sites excluding steroid dienone is 1. The number of alkyl halides is 3. The minimum Gasteiger partial charge on any atom is -0.478 e. The summed E-state index contributed by atoms with van der Waals surface area (Å²) in [5, 5.41) is 24.3. The van der Waals surface area contributed by atoms with Crippen molar-refractivity contribution < 1.29 is 37.8 Å². The van der Waals surface area contributed by atoms with Crippen molar-refractivity contribution in [3.63, 3.8) is 0 Å². The first-order chi connectivity index (χ1) is 15.9. The molecule has 0 saturated heterocycles. The number of aromatic carboxylic acids is 1. The van der Waals surface area contributed by atoms with Crippen LogP contribution in [-0.2, 0) is 9.59 Å². The number of nitrogens with one attached hydrogen (secondary N) is 2. The zero-order valence-corrected chi connectivity index (χ0v) is 18.1. The van der Waals surface area contributed by atoms with Crippen LogP contribution in [0.15, 0.2) is 66.7 Å². The van der Waals surface area contributed by atoms with E-state index in [4.69, 9.17) is 9.90 Å². The van der Waals surface area contributed by atoms with Crippen molar-refractivity contribution in [3.8, 4) is 0 Å². The second kappa shape index (κ2) is 11.0. The van der Waals surface area contributed by atoms with E-state index in [9.17, 15) is 27.9 Å². The van der Waals surface area contributed by atoms with Crippen molar-refractivity contribution in [2.75, 3.05) is 17.7 Å². The molecule has 0 heterocycles. The van der Waals surface area contributed by atoms with E-state index in [0.29, 0.717) is 5.69 Å². The highest BCUT2D eigenvalue weighted by Gasteiger charge is 2.38. The summed E-state index contributed by atoms with van der Waals surface area (Å²) in [6.45, 7) is 1.85. The summed E-state index contributed by atoms with van der Waals surface area (Å²) in [6.07, 6.45) is -3.61. The lowest BCUT2D eigenvalue weighted by Crippen LogP contribution is -2.21. The van der Waals surface area contributed by atoms with Gasteiger partial charge in [-0.15, -0.1) is 0 Å². The molecule has 0 saturated carbocycles. The molecule has 7 nitrogen and oxygen atoms in total. The van der Waals surface area contributed by atoms with E-state index < -0.39 is 18.1 Å². The van der Waals surface area contributed by atoms with Crippen molar-refractivity contribution >= 4 is 45.6 Å². The van der Waals surface area contributed by atoms with Crippen molar-refractivity contribution in [2.45, 2.75) is 13.1 Å². The van der Waals surface area contributed by atoms with Crippen molar-refractivity contribution in [1.82, 2.24) is 0 Å². The number of aliphatic carboxylic acids is 1. The summed E-state index contributed by atoms with van der Waals surface area (Å²) in [5.41, 5.74) is 2.68. The molecule has 1 amide bonds. The Bertz CT molecular complexity index is 1250. The Morgan fingerprint density at radius 2 is 1.53 bits per heavy atom. The SMILES string of the molecule is CNc1ccc(NC(=O)/C=C(/C)c2ccc3ccccc3c2)c(C(=O)O)c1.O=C(O)C(F)(F)F. The molecule has 34 heavy (non-hydrogen) atoms. The molecule has 0 spiro atoms. The first kappa shape index (κ1) is 25.9. The number of fused-ring (bicyclic) bond motifs is 1. The Hall–Kier alpha value is -4.34. The predicted molar refractivity (Wildman–Crippen MR) is 123 cm³/mol. The predicted octanol–water partition coefficient (Wildman–Crippen LogP) is 5.26. The number of carboxylic acid groups (broad SMARTS) is 2. The van der Waals surface area contributed by atoms with Gasteiger partial charge in [0.1, 0.15) is 0 Å². The van der Waals surface area contributed by atoms with Gasteiger partial charge >= 0.3 is 18.1 Å². The highest BCUT2D eigenvalue weighted by atomic mass is 19.4. The molecular weight excluding hydrogens is 453 g/mol. The highest BCUT2D eigenvalue weighted by molar-refractivity contribution is 6.07. The Balaban J connectivity index is 0.000000509. The smallest absolute Gasteiger partial charge is 0.478 e. The van der Waals surface area contributed by atoms with E-state index in [0.717, 1.165) is 21.9 Å². The lowest BCUT2D eigenvalue weighted by molar-refractivity contribution is -0.192. The van der Waals surface area contributed by atoms with Gasteiger partial charge in [0.25, 0.3) is 0 Å². The number of hydrogen-bond donors (Lipinski definition) is 4. The number of amides is 1. The molecule has 3 aromatic carbocycles. The van der Waals surface area contributed by atoms with Crippen molar-refractivity contribution in [1.29, 1.82) is 0 Å². The third-order valence-corrected chi connectivity index (χ3v) is 4.59.